The number of benzene rings is 2. The molecule has 2 aromatic carbocycles. The van der Waals surface area contributed by atoms with Crippen molar-refractivity contribution in [1.29, 1.82) is 0 Å². The Morgan fingerprint density at radius 1 is 1.18 bits per heavy atom. The number of nitrogens with zero attached hydrogens (tertiary/aromatic N) is 2. The molecule has 0 amide bonds. The average Bonchev–Trinajstić information content (AvgIpc) is 3.50. The summed E-state index contributed by atoms with van der Waals surface area (Å²) >= 11 is 0. The van der Waals surface area contributed by atoms with Gasteiger partial charge in [0.15, 0.2) is 0 Å². The van der Waals surface area contributed by atoms with Crippen LogP contribution in [0.1, 0.15) is 87.8 Å². The van der Waals surface area contributed by atoms with Crippen LogP contribution in [-0.4, -0.2) is 63.2 Å². The third kappa shape index (κ3) is 9.34. The first-order valence-electron chi connectivity index (χ1n) is 15.8. The summed E-state index contributed by atoms with van der Waals surface area (Å²) in [5, 5.41) is 0. The Labute approximate surface area is 243 Å². The van der Waals surface area contributed by atoms with Crippen molar-refractivity contribution >= 4 is 12.0 Å². The van der Waals surface area contributed by atoms with Crippen LogP contribution in [0.2, 0.25) is 0 Å². The van der Waals surface area contributed by atoms with Crippen LogP contribution in [0.3, 0.4) is 0 Å². The molecule has 0 spiro atoms. The number of aldehydes is 1. The molecule has 2 aliphatic heterocycles. The predicted molar refractivity (Wildman–Crippen MR) is 166 cm³/mol. The molecule has 0 bridgehead atoms. The molecule has 5 rings (SSSR count). The van der Waals surface area contributed by atoms with Crippen molar-refractivity contribution in [2.24, 2.45) is 5.92 Å². The number of ether oxygens (including phenoxy) is 2. The lowest BCUT2D eigenvalue weighted by molar-refractivity contribution is -0.109. The summed E-state index contributed by atoms with van der Waals surface area (Å²) < 4.78 is 11.6. The van der Waals surface area contributed by atoms with Crippen LogP contribution < -0.4 is 9.64 Å². The summed E-state index contributed by atoms with van der Waals surface area (Å²) in [6.45, 7) is 11.0. The van der Waals surface area contributed by atoms with Crippen LogP contribution in [-0.2, 0) is 16.0 Å². The Morgan fingerprint density at radius 3 is 2.77 bits per heavy atom. The van der Waals surface area contributed by atoms with Crippen LogP contribution in [0, 0.1) is 12.8 Å². The van der Waals surface area contributed by atoms with Crippen molar-refractivity contribution in [2.75, 3.05) is 44.8 Å². The highest BCUT2D eigenvalue weighted by atomic mass is 16.5. The Hall–Kier alpha value is -2.37. The van der Waals surface area contributed by atoms with Crippen molar-refractivity contribution < 1.29 is 14.3 Å². The number of hydrogen-bond acceptors (Lipinski definition) is 5. The number of carbonyl (C=O) groups excluding carboxylic acids is 1. The van der Waals surface area contributed by atoms with Gasteiger partial charge in [0, 0.05) is 44.9 Å². The molecule has 3 aliphatic rings. The van der Waals surface area contributed by atoms with Crippen LogP contribution in [0.5, 0.6) is 5.75 Å². The van der Waals surface area contributed by atoms with E-state index in [1.165, 1.54) is 54.5 Å². The average molecular weight is 549 g/mol. The lowest BCUT2D eigenvalue weighted by atomic mass is 9.93. The van der Waals surface area contributed by atoms with Gasteiger partial charge in [-0.05, 0) is 92.7 Å². The zero-order valence-corrected chi connectivity index (χ0v) is 25.4. The smallest absolute Gasteiger partial charge is 0.133 e. The van der Waals surface area contributed by atoms with E-state index in [2.05, 4.69) is 80.1 Å². The number of rotatable bonds is 14. The molecule has 2 heterocycles. The lowest BCUT2D eigenvalue weighted by Crippen LogP contribution is -2.32. The highest BCUT2D eigenvalue weighted by Gasteiger charge is 2.33. The van der Waals surface area contributed by atoms with Gasteiger partial charge in [-0.2, -0.15) is 0 Å². The largest absolute Gasteiger partial charge is 0.493 e. The van der Waals surface area contributed by atoms with Crippen molar-refractivity contribution in [3.8, 4) is 5.75 Å². The van der Waals surface area contributed by atoms with Gasteiger partial charge in [-0.25, -0.2) is 0 Å². The molecular weight excluding hydrogens is 496 g/mol. The Morgan fingerprint density at radius 2 is 2.02 bits per heavy atom. The molecule has 0 aromatic heterocycles. The van der Waals surface area contributed by atoms with E-state index in [1.807, 2.05) is 0 Å². The number of aryl methyl sites for hydroxylation is 1. The Balaban J connectivity index is 0.000000240. The zero-order valence-electron chi connectivity index (χ0n) is 25.4. The van der Waals surface area contributed by atoms with Crippen LogP contribution in [0.25, 0.3) is 0 Å². The second kappa shape index (κ2) is 15.6. The third-order valence-electron chi connectivity index (χ3n) is 8.84. The maximum Gasteiger partial charge on any atom is 0.133 e. The second-order valence-corrected chi connectivity index (χ2v) is 12.3. The molecule has 5 nitrogen and oxygen atoms in total. The number of carbonyl (C=O) groups is 1. The minimum atomic E-state index is 0.318. The van der Waals surface area contributed by atoms with Crippen molar-refractivity contribution in [3.05, 3.63) is 59.2 Å². The van der Waals surface area contributed by atoms with Gasteiger partial charge in [0.25, 0.3) is 0 Å². The summed E-state index contributed by atoms with van der Waals surface area (Å²) in [6, 6.07) is 15.8. The quantitative estimate of drug-likeness (QED) is 0.234. The molecule has 0 radical (unpaired) electrons. The van der Waals surface area contributed by atoms with Crippen molar-refractivity contribution in [2.45, 2.75) is 96.6 Å². The van der Waals surface area contributed by atoms with Gasteiger partial charge < -0.3 is 19.2 Å². The SMILES string of the molecule is CC(CCC1CC(c2ccc3c(c2)CCO3)CN1CC=O)OCCC1CC1.CCCCN(C)c1cccc(C)c1. The number of hydrogen-bond donors (Lipinski definition) is 0. The van der Waals surface area contributed by atoms with Gasteiger partial charge in [-0.3, -0.25) is 4.90 Å². The summed E-state index contributed by atoms with van der Waals surface area (Å²) in [7, 11) is 2.16. The van der Waals surface area contributed by atoms with Crippen LogP contribution in [0.15, 0.2) is 42.5 Å². The highest BCUT2D eigenvalue weighted by Crippen LogP contribution is 2.37. The number of fused-ring (bicyclic) bond motifs is 1. The summed E-state index contributed by atoms with van der Waals surface area (Å²) in [6.07, 6.45) is 12.3. The van der Waals surface area contributed by atoms with E-state index in [9.17, 15) is 4.79 Å². The van der Waals surface area contributed by atoms with E-state index in [4.69, 9.17) is 9.47 Å². The van der Waals surface area contributed by atoms with Gasteiger partial charge in [0.1, 0.15) is 12.0 Å². The number of anilines is 1. The summed E-state index contributed by atoms with van der Waals surface area (Å²) in [4.78, 5) is 15.9. The Bertz CT molecular complexity index is 1050. The first kappa shape index (κ1) is 30.6. The molecule has 1 saturated heterocycles. The minimum Gasteiger partial charge on any atom is -0.493 e. The van der Waals surface area contributed by atoms with Gasteiger partial charge in [-0.15, -0.1) is 0 Å². The highest BCUT2D eigenvalue weighted by molar-refractivity contribution is 5.52. The van der Waals surface area contributed by atoms with Crippen molar-refractivity contribution in [3.63, 3.8) is 0 Å². The van der Waals surface area contributed by atoms with Crippen molar-refractivity contribution in [1.82, 2.24) is 4.90 Å². The second-order valence-electron chi connectivity index (χ2n) is 12.3. The van der Waals surface area contributed by atoms with Gasteiger partial charge in [0.2, 0.25) is 0 Å². The normalized spacial score (nSPS) is 20.8. The summed E-state index contributed by atoms with van der Waals surface area (Å²) in [5.74, 6) is 2.51. The third-order valence-corrected chi connectivity index (χ3v) is 8.84. The first-order chi connectivity index (χ1) is 19.5. The van der Waals surface area contributed by atoms with E-state index < -0.39 is 0 Å². The van der Waals surface area contributed by atoms with E-state index in [0.717, 1.165) is 69.9 Å². The standard InChI is InChI=1S/C23H33NO3.C12H19N/c1-17(26-12-8-18-3-4-18)2-6-22-15-21(16-24(22)10-11-25)19-5-7-23-20(14-19)9-13-27-23;1-4-5-9-13(3)12-8-6-7-11(2)10-12/h5,7,11,14,17-18,21-22H,2-4,6,8-10,12-13,15-16H2,1H3;6-8,10H,4-5,9H2,1-3H3. The fraction of sp³-hybridized carbons (Fsp3) is 0.629. The molecule has 0 N–H and O–H groups in total. The van der Waals surface area contributed by atoms with Gasteiger partial charge in [0.05, 0.1) is 19.3 Å². The fourth-order valence-corrected chi connectivity index (χ4v) is 6.05. The van der Waals surface area contributed by atoms with Crippen LogP contribution in [0.4, 0.5) is 5.69 Å². The molecule has 2 fully saturated rings. The van der Waals surface area contributed by atoms with E-state index in [1.54, 1.807) is 0 Å². The summed E-state index contributed by atoms with van der Waals surface area (Å²) in [5.41, 5.74) is 5.41. The van der Waals surface area contributed by atoms with Gasteiger partial charge in [-0.1, -0.05) is 50.5 Å². The predicted octanol–water partition coefficient (Wildman–Crippen LogP) is 7.20. The van der Waals surface area contributed by atoms with Crippen LogP contribution >= 0.6 is 0 Å². The zero-order chi connectivity index (χ0) is 28.3. The molecule has 3 atom stereocenters. The molecule has 40 heavy (non-hydrogen) atoms. The molecule has 1 saturated carbocycles. The maximum absolute atomic E-state index is 11.2. The lowest BCUT2D eigenvalue weighted by Gasteiger charge is -2.23. The minimum absolute atomic E-state index is 0.318. The van der Waals surface area contributed by atoms with E-state index in [-0.39, 0.29) is 0 Å². The first-order valence-corrected chi connectivity index (χ1v) is 15.8. The topological polar surface area (TPSA) is 42.0 Å². The maximum atomic E-state index is 11.2. The molecule has 5 heteroatoms. The number of unbranched alkanes of at least 4 members (excludes halogenated alkanes) is 1. The molecular formula is C35H52N2O3. The molecule has 3 unspecified atom stereocenters. The fourth-order valence-electron chi connectivity index (χ4n) is 6.05. The van der Waals surface area contributed by atoms with Gasteiger partial charge >= 0.3 is 0 Å². The van der Waals surface area contributed by atoms with E-state index in [0.29, 0.717) is 24.6 Å². The monoisotopic (exact) mass is 548 g/mol. The van der Waals surface area contributed by atoms with E-state index >= 15 is 0 Å². The molecule has 1 aliphatic carbocycles. The number of likely N-dealkylation sites (tertiary alicyclic amines) is 1. The molecule has 2 aromatic rings. The Kier molecular flexibility index (Phi) is 11.9. The molecule has 220 valence electrons.